The van der Waals surface area contributed by atoms with Crippen molar-refractivity contribution < 1.29 is 0 Å². The molecule has 0 radical (unpaired) electrons. The predicted molar refractivity (Wildman–Crippen MR) is 76.7 cm³/mol. The van der Waals surface area contributed by atoms with Crippen LogP contribution in [0.3, 0.4) is 0 Å². The fraction of sp³-hybridized carbons (Fsp3) is 0.333. The summed E-state index contributed by atoms with van der Waals surface area (Å²) in [6.07, 6.45) is 1.08. The Morgan fingerprint density at radius 2 is 1.88 bits per heavy atom. The third kappa shape index (κ3) is 3.18. The fourth-order valence-electron chi connectivity index (χ4n) is 1.88. The van der Waals surface area contributed by atoms with Crippen LogP contribution in [-0.4, -0.2) is 13.1 Å². The lowest BCUT2D eigenvalue weighted by Gasteiger charge is -2.10. The molecule has 0 aliphatic carbocycles. The summed E-state index contributed by atoms with van der Waals surface area (Å²) in [6.45, 7) is 4.35. The van der Waals surface area contributed by atoms with E-state index in [1.807, 2.05) is 18.4 Å². The zero-order valence-corrected chi connectivity index (χ0v) is 11.5. The normalized spacial score (nSPS) is 12.6. The van der Waals surface area contributed by atoms with Crippen molar-refractivity contribution >= 4 is 11.3 Å². The first kappa shape index (κ1) is 12.3. The summed E-state index contributed by atoms with van der Waals surface area (Å²) >= 11 is 1.81. The van der Waals surface area contributed by atoms with Gasteiger partial charge in [-0.2, -0.15) is 0 Å². The first-order chi connectivity index (χ1) is 8.19. The molecule has 2 heteroatoms. The van der Waals surface area contributed by atoms with Crippen LogP contribution < -0.4 is 5.32 Å². The second-order valence-corrected chi connectivity index (χ2v) is 5.65. The summed E-state index contributed by atoms with van der Waals surface area (Å²) in [4.78, 5) is 1.37. The van der Waals surface area contributed by atoms with Crippen LogP contribution in [0.4, 0.5) is 0 Å². The zero-order valence-electron chi connectivity index (χ0n) is 10.7. The maximum absolute atomic E-state index is 3.26. The lowest BCUT2D eigenvalue weighted by molar-refractivity contribution is 0.608. The molecule has 1 nitrogen and oxygen atoms in total. The molecule has 2 aromatic rings. The van der Waals surface area contributed by atoms with Gasteiger partial charge in [0, 0.05) is 10.9 Å². The molecular formula is C15H19NS. The van der Waals surface area contributed by atoms with Gasteiger partial charge in [-0.15, -0.1) is 11.3 Å². The quantitative estimate of drug-likeness (QED) is 0.862. The van der Waals surface area contributed by atoms with Crippen LogP contribution in [0.5, 0.6) is 0 Å². The zero-order chi connectivity index (χ0) is 12.3. The average Bonchev–Trinajstić information content (AvgIpc) is 2.77. The van der Waals surface area contributed by atoms with E-state index in [1.54, 1.807) is 0 Å². The van der Waals surface area contributed by atoms with Crippen molar-refractivity contribution in [3.05, 3.63) is 46.2 Å². The van der Waals surface area contributed by atoms with Gasteiger partial charge in [0.25, 0.3) is 0 Å². The van der Waals surface area contributed by atoms with E-state index in [0.717, 1.165) is 6.42 Å². The van der Waals surface area contributed by atoms with E-state index in [4.69, 9.17) is 0 Å². The molecule has 0 spiro atoms. The van der Waals surface area contributed by atoms with Crippen LogP contribution in [-0.2, 0) is 6.42 Å². The minimum absolute atomic E-state index is 0.532. The van der Waals surface area contributed by atoms with Crippen LogP contribution in [0.1, 0.15) is 17.4 Å². The average molecular weight is 245 g/mol. The SMILES string of the molecule is CNC(C)Cc1ccc(-c2csc(C)c2)cc1. The highest BCUT2D eigenvalue weighted by molar-refractivity contribution is 7.10. The summed E-state index contributed by atoms with van der Waals surface area (Å²) in [7, 11) is 2.01. The van der Waals surface area contributed by atoms with E-state index in [0.29, 0.717) is 6.04 Å². The van der Waals surface area contributed by atoms with Gasteiger partial charge in [-0.1, -0.05) is 24.3 Å². The molecule has 1 N–H and O–H groups in total. The minimum atomic E-state index is 0.532. The molecule has 0 aliphatic rings. The molecule has 1 atom stereocenters. The third-order valence-corrected chi connectivity index (χ3v) is 3.91. The van der Waals surface area contributed by atoms with Crippen LogP contribution in [0.15, 0.2) is 35.7 Å². The van der Waals surface area contributed by atoms with Crippen LogP contribution >= 0.6 is 11.3 Å². The Kier molecular flexibility index (Phi) is 3.97. The Morgan fingerprint density at radius 3 is 2.41 bits per heavy atom. The summed E-state index contributed by atoms with van der Waals surface area (Å²) in [5.74, 6) is 0. The van der Waals surface area contributed by atoms with Crippen molar-refractivity contribution in [3.8, 4) is 11.1 Å². The largest absolute Gasteiger partial charge is 0.317 e. The van der Waals surface area contributed by atoms with E-state index >= 15 is 0 Å². The predicted octanol–water partition coefficient (Wildman–Crippen LogP) is 3.87. The number of thiophene rings is 1. The highest BCUT2D eigenvalue weighted by Crippen LogP contribution is 2.25. The Labute approximate surface area is 108 Å². The Morgan fingerprint density at radius 1 is 1.18 bits per heavy atom. The van der Waals surface area contributed by atoms with Gasteiger partial charge in [0.1, 0.15) is 0 Å². The van der Waals surface area contributed by atoms with E-state index in [1.165, 1.54) is 21.6 Å². The number of hydrogen-bond donors (Lipinski definition) is 1. The molecular weight excluding hydrogens is 226 g/mol. The van der Waals surface area contributed by atoms with Crippen molar-refractivity contribution in [2.75, 3.05) is 7.05 Å². The molecule has 1 aromatic heterocycles. The van der Waals surface area contributed by atoms with Crippen molar-refractivity contribution in [2.24, 2.45) is 0 Å². The number of rotatable bonds is 4. The summed E-state index contributed by atoms with van der Waals surface area (Å²) in [5, 5.41) is 5.49. The standard InChI is InChI=1S/C15H19NS/c1-11(16-3)8-13-4-6-14(7-5-13)15-9-12(2)17-10-15/h4-7,9-11,16H,8H2,1-3H3. The molecule has 0 amide bonds. The van der Waals surface area contributed by atoms with Gasteiger partial charge in [0.2, 0.25) is 0 Å². The molecule has 1 aromatic carbocycles. The van der Waals surface area contributed by atoms with E-state index in [-0.39, 0.29) is 0 Å². The van der Waals surface area contributed by atoms with Gasteiger partial charge in [-0.05, 0) is 55.5 Å². The monoisotopic (exact) mass is 245 g/mol. The summed E-state index contributed by atoms with van der Waals surface area (Å²) in [5.41, 5.74) is 4.04. The Hall–Kier alpha value is -1.12. The lowest BCUT2D eigenvalue weighted by atomic mass is 10.0. The lowest BCUT2D eigenvalue weighted by Crippen LogP contribution is -2.23. The van der Waals surface area contributed by atoms with Crippen LogP contribution in [0, 0.1) is 6.92 Å². The third-order valence-electron chi connectivity index (χ3n) is 3.05. The number of nitrogens with one attached hydrogen (secondary N) is 1. The van der Waals surface area contributed by atoms with Gasteiger partial charge in [0.15, 0.2) is 0 Å². The van der Waals surface area contributed by atoms with Crippen molar-refractivity contribution in [2.45, 2.75) is 26.3 Å². The van der Waals surface area contributed by atoms with Gasteiger partial charge in [-0.25, -0.2) is 0 Å². The molecule has 90 valence electrons. The van der Waals surface area contributed by atoms with Crippen LogP contribution in [0.2, 0.25) is 0 Å². The van der Waals surface area contributed by atoms with Gasteiger partial charge < -0.3 is 5.32 Å². The number of hydrogen-bond acceptors (Lipinski definition) is 2. The smallest absolute Gasteiger partial charge is 0.00761 e. The molecule has 0 saturated heterocycles. The van der Waals surface area contributed by atoms with Crippen molar-refractivity contribution in [1.29, 1.82) is 0 Å². The van der Waals surface area contributed by atoms with Gasteiger partial charge in [0.05, 0.1) is 0 Å². The first-order valence-corrected chi connectivity index (χ1v) is 6.88. The van der Waals surface area contributed by atoms with Crippen molar-refractivity contribution in [3.63, 3.8) is 0 Å². The first-order valence-electron chi connectivity index (χ1n) is 6.01. The maximum atomic E-state index is 3.26. The van der Waals surface area contributed by atoms with Crippen molar-refractivity contribution in [1.82, 2.24) is 5.32 Å². The highest BCUT2D eigenvalue weighted by atomic mass is 32.1. The fourth-order valence-corrected chi connectivity index (χ4v) is 2.60. The second kappa shape index (κ2) is 5.48. The number of likely N-dealkylation sites (N-methyl/N-ethyl adjacent to an activating group) is 1. The maximum Gasteiger partial charge on any atom is 0.00761 e. The summed E-state index contributed by atoms with van der Waals surface area (Å²) in [6, 6.07) is 11.7. The topological polar surface area (TPSA) is 12.0 Å². The van der Waals surface area contributed by atoms with Gasteiger partial charge >= 0.3 is 0 Å². The molecule has 1 unspecified atom stereocenters. The molecule has 0 aliphatic heterocycles. The highest BCUT2D eigenvalue weighted by Gasteiger charge is 2.02. The second-order valence-electron chi connectivity index (χ2n) is 4.54. The Balaban J connectivity index is 2.13. The molecule has 2 rings (SSSR count). The van der Waals surface area contributed by atoms with E-state index in [2.05, 4.69) is 54.9 Å². The molecule has 0 fully saturated rings. The number of aryl methyl sites for hydroxylation is 1. The molecule has 0 bridgehead atoms. The Bertz CT molecular complexity index is 470. The molecule has 17 heavy (non-hydrogen) atoms. The molecule has 1 heterocycles. The minimum Gasteiger partial charge on any atom is -0.317 e. The van der Waals surface area contributed by atoms with Crippen LogP contribution in [0.25, 0.3) is 11.1 Å². The van der Waals surface area contributed by atoms with E-state index in [9.17, 15) is 0 Å². The van der Waals surface area contributed by atoms with E-state index < -0.39 is 0 Å². The summed E-state index contributed by atoms with van der Waals surface area (Å²) < 4.78 is 0. The molecule has 0 saturated carbocycles. The number of benzene rings is 1. The van der Waals surface area contributed by atoms with Gasteiger partial charge in [-0.3, -0.25) is 0 Å².